The summed E-state index contributed by atoms with van der Waals surface area (Å²) in [5.74, 6) is 0. The molecular formula is C31H18S. The highest BCUT2D eigenvalue weighted by Gasteiger charge is 2.23. The fraction of sp³-hybridized carbons (Fsp3) is 0.0323. The quantitative estimate of drug-likeness (QED) is 0.214. The second kappa shape index (κ2) is 5.97. The summed E-state index contributed by atoms with van der Waals surface area (Å²) in [6.07, 6.45) is 0.998. The van der Waals surface area contributed by atoms with Crippen molar-refractivity contribution in [2.24, 2.45) is 0 Å². The van der Waals surface area contributed by atoms with Crippen molar-refractivity contribution >= 4 is 64.5 Å². The van der Waals surface area contributed by atoms with Gasteiger partial charge in [0.2, 0.25) is 0 Å². The Bertz CT molecular complexity index is 1900. The summed E-state index contributed by atoms with van der Waals surface area (Å²) >= 11 is 1.90. The third kappa shape index (κ3) is 2.07. The van der Waals surface area contributed by atoms with E-state index in [1.807, 2.05) is 11.3 Å². The van der Waals surface area contributed by atoms with E-state index in [2.05, 4.69) is 96.4 Å². The van der Waals surface area contributed by atoms with Crippen LogP contribution in [-0.4, -0.2) is 0 Å². The van der Waals surface area contributed by atoms with E-state index in [-0.39, 0.29) is 0 Å². The zero-order valence-corrected chi connectivity index (χ0v) is 18.2. The molecule has 1 heterocycles. The van der Waals surface area contributed by atoms with Gasteiger partial charge in [-0.1, -0.05) is 78.9 Å². The zero-order valence-electron chi connectivity index (χ0n) is 17.4. The van der Waals surface area contributed by atoms with Crippen molar-refractivity contribution in [1.82, 2.24) is 0 Å². The van der Waals surface area contributed by atoms with E-state index in [9.17, 15) is 0 Å². The van der Waals surface area contributed by atoms with Crippen LogP contribution in [-0.2, 0) is 6.42 Å². The van der Waals surface area contributed by atoms with Crippen molar-refractivity contribution in [2.45, 2.75) is 6.42 Å². The standard InChI is InChI=1S/C31H18S/c1-2-8-21-18(7-1)13-20-14-19-15-27-24-11-5-3-9-22(24)23-10-4-6-12-25(23)28(27)16-26(19)29-17-32-31(21)30(20)29/h1-13,15-17H,14H2. The molecule has 0 saturated carbocycles. The number of rotatable bonds is 0. The summed E-state index contributed by atoms with van der Waals surface area (Å²) < 4.78 is 1.43. The summed E-state index contributed by atoms with van der Waals surface area (Å²) in [4.78, 5) is 0. The van der Waals surface area contributed by atoms with Crippen LogP contribution >= 0.6 is 11.3 Å². The van der Waals surface area contributed by atoms with Gasteiger partial charge >= 0.3 is 0 Å². The van der Waals surface area contributed by atoms with Crippen molar-refractivity contribution < 1.29 is 0 Å². The summed E-state index contributed by atoms with van der Waals surface area (Å²) in [6, 6.07) is 33.9. The van der Waals surface area contributed by atoms with Gasteiger partial charge in [-0.3, -0.25) is 0 Å². The Morgan fingerprint density at radius 1 is 0.500 bits per heavy atom. The molecule has 0 amide bonds. The van der Waals surface area contributed by atoms with E-state index >= 15 is 0 Å². The molecule has 1 aromatic heterocycles. The Morgan fingerprint density at radius 2 is 1.09 bits per heavy atom. The van der Waals surface area contributed by atoms with Crippen LogP contribution in [0.25, 0.3) is 64.3 Å². The first-order valence-electron chi connectivity index (χ1n) is 11.1. The molecule has 7 aromatic rings. The summed E-state index contributed by atoms with van der Waals surface area (Å²) in [6.45, 7) is 0. The molecule has 0 saturated heterocycles. The first kappa shape index (κ1) is 16.9. The van der Waals surface area contributed by atoms with Crippen molar-refractivity contribution in [2.75, 3.05) is 0 Å². The Hall–Kier alpha value is -3.68. The maximum Gasteiger partial charge on any atom is 0.0430 e. The van der Waals surface area contributed by atoms with E-state index in [4.69, 9.17) is 0 Å². The Balaban J connectivity index is 1.55. The van der Waals surface area contributed by atoms with Gasteiger partial charge in [0.1, 0.15) is 0 Å². The predicted molar refractivity (Wildman–Crippen MR) is 140 cm³/mol. The largest absolute Gasteiger partial charge is 0.142 e. The molecule has 148 valence electrons. The van der Waals surface area contributed by atoms with Gasteiger partial charge in [0, 0.05) is 15.6 Å². The molecule has 1 heteroatoms. The number of hydrogen-bond donors (Lipinski definition) is 0. The molecule has 0 bridgehead atoms. The number of fused-ring (bicyclic) bond motifs is 10. The molecular weight excluding hydrogens is 404 g/mol. The third-order valence-corrected chi connectivity index (χ3v) is 8.30. The van der Waals surface area contributed by atoms with Crippen LogP contribution in [0.4, 0.5) is 0 Å². The van der Waals surface area contributed by atoms with Gasteiger partial charge in [0.25, 0.3) is 0 Å². The lowest BCUT2D eigenvalue weighted by atomic mass is 9.82. The minimum Gasteiger partial charge on any atom is -0.142 e. The molecule has 32 heavy (non-hydrogen) atoms. The first-order chi connectivity index (χ1) is 15.9. The third-order valence-electron chi connectivity index (χ3n) is 7.29. The van der Waals surface area contributed by atoms with Crippen molar-refractivity contribution in [3.8, 4) is 11.1 Å². The lowest BCUT2D eigenvalue weighted by Gasteiger charge is -2.21. The van der Waals surface area contributed by atoms with Crippen LogP contribution in [0.3, 0.4) is 0 Å². The molecule has 0 nitrogen and oxygen atoms in total. The van der Waals surface area contributed by atoms with Gasteiger partial charge in [-0.15, -0.1) is 11.3 Å². The highest BCUT2D eigenvalue weighted by molar-refractivity contribution is 7.18. The maximum atomic E-state index is 2.47. The van der Waals surface area contributed by atoms with Crippen LogP contribution in [0.15, 0.2) is 96.4 Å². The van der Waals surface area contributed by atoms with E-state index in [0.29, 0.717) is 0 Å². The fourth-order valence-electron chi connectivity index (χ4n) is 5.90. The number of thiophene rings is 1. The molecule has 0 radical (unpaired) electrons. The Labute approximate surface area is 189 Å². The molecule has 0 unspecified atom stereocenters. The van der Waals surface area contributed by atoms with Crippen molar-refractivity contribution in [3.05, 3.63) is 108 Å². The van der Waals surface area contributed by atoms with Crippen LogP contribution in [0.5, 0.6) is 0 Å². The monoisotopic (exact) mass is 422 g/mol. The lowest BCUT2D eigenvalue weighted by Crippen LogP contribution is -2.00. The predicted octanol–water partition coefficient (Wildman–Crippen LogP) is 9.09. The molecule has 1 aliphatic rings. The molecule has 0 spiro atoms. The minimum atomic E-state index is 0.998. The van der Waals surface area contributed by atoms with Crippen LogP contribution < -0.4 is 0 Å². The highest BCUT2D eigenvalue weighted by atomic mass is 32.1. The van der Waals surface area contributed by atoms with E-state index in [0.717, 1.165) is 6.42 Å². The molecule has 0 fully saturated rings. The smallest absolute Gasteiger partial charge is 0.0430 e. The van der Waals surface area contributed by atoms with Crippen molar-refractivity contribution in [1.29, 1.82) is 0 Å². The van der Waals surface area contributed by atoms with Crippen LogP contribution in [0.1, 0.15) is 11.1 Å². The van der Waals surface area contributed by atoms with Crippen LogP contribution in [0.2, 0.25) is 0 Å². The fourth-order valence-corrected chi connectivity index (χ4v) is 7.05. The van der Waals surface area contributed by atoms with Gasteiger partial charge < -0.3 is 0 Å². The summed E-state index contributed by atoms with van der Waals surface area (Å²) in [7, 11) is 0. The average Bonchev–Trinajstić information content (AvgIpc) is 3.30. The van der Waals surface area contributed by atoms with Crippen molar-refractivity contribution in [3.63, 3.8) is 0 Å². The Kier molecular flexibility index (Phi) is 3.16. The second-order valence-corrected chi connectivity index (χ2v) is 9.81. The molecule has 0 N–H and O–H groups in total. The average molecular weight is 423 g/mol. The van der Waals surface area contributed by atoms with Gasteiger partial charge in [0.15, 0.2) is 0 Å². The molecule has 1 aliphatic carbocycles. The zero-order chi connectivity index (χ0) is 20.8. The summed E-state index contributed by atoms with van der Waals surface area (Å²) in [5.41, 5.74) is 5.73. The van der Waals surface area contributed by atoms with Gasteiger partial charge in [-0.25, -0.2) is 0 Å². The number of benzene rings is 6. The molecule has 6 aromatic carbocycles. The first-order valence-corrected chi connectivity index (χ1v) is 12.0. The van der Waals surface area contributed by atoms with Crippen LogP contribution in [0, 0.1) is 0 Å². The molecule has 0 atom stereocenters. The van der Waals surface area contributed by atoms with E-state index in [1.54, 1.807) is 0 Å². The highest BCUT2D eigenvalue weighted by Crippen LogP contribution is 2.48. The van der Waals surface area contributed by atoms with Gasteiger partial charge in [-0.2, -0.15) is 0 Å². The normalized spacial score (nSPS) is 12.9. The van der Waals surface area contributed by atoms with Gasteiger partial charge in [0.05, 0.1) is 0 Å². The van der Waals surface area contributed by atoms with E-state index < -0.39 is 0 Å². The second-order valence-electron chi connectivity index (χ2n) is 8.93. The van der Waals surface area contributed by atoms with Gasteiger partial charge in [-0.05, 0) is 83.7 Å². The van der Waals surface area contributed by atoms with E-state index in [1.165, 1.54) is 75.4 Å². The summed E-state index contributed by atoms with van der Waals surface area (Å²) in [5, 5.41) is 14.7. The molecule has 8 rings (SSSR count). The maximum absolute atomic E-state index is 2.47. The lowest BCUT2D eigenvalue weighted by molar-refractivity contribution is 1.22. The SMILES string of the molecule is c1ccc2c(c1)cc1c3c(csc32)-c2cc3c4ccccc4c4ccccc4c3cc2C1. The minimum absolute atomic E-state index is 0.998. The number of hydrogen-bond acceptors (Lipinski definition) is 1. The topological polar surface area (TPSA) is 0 Å². The Morgan fingerprint density at radius 3 is 1.81 bits per heavy atom. The molecule has 0 aliphatic heterocycles.